The second-order valence-corrected chi connectivity index (χ2v) is 4.56. The molecule has 0 bridgehead atoms. The van der Waals surface area contributed by atoms with Gasteiger partial charge in [-0.2, -0.15) is 0 Å². The van der Waals surface area contributed by atoms with Crippen LogP contribution < -0.4 is 5.32 Å². The third-order valence-electron chi connectivity index (χ3n) is 2.66. The van der Waals surface area contributed by atoms with E-state index in [1.807, 2.05) is 32.9 Å². The van der Waals surface area contributed by atoms with E-state index in [9.17, 15) is 4.79 Å². The average molecular weight is 219 g/mol. The lowest BCUT2D eigenvalue weighted by atomic mass is 10.0. The fraction of sp³-hybridized carbons (Fsp3) is 0.500. The molecule has 0 aliphatic heterocycles. The summed E-state index contributed by atoms with van der Waals surface area (Å²) in [6.07, 6.45) is 1.98. The Morgan fingerprint density at radius 3 is 2.31 bits per heavy atom. The SMILES string of the molecule is CCC[C@H](C)C(=O)Nc1cc(C)cc(C)c1. The van der Waals surface area contributed by atoms with Crippen molar-refractivity contribution >= 4 is 11.6 Å². The van der Waals surface area contributed by atoms with E-state index in [2.05, 4.69) is 18.3 Å². The van der Waals surface area contributed by atoms with Gasteiger partial charge in [0.25, 0.3) is 0 Å². The van der Waals surface area contributed by atoms with Gasteiger partial charge in [-0.1, -0.05) is 26.3 Å². The molecule has 0 aromatic heterocycles. The maximum Gasteiger partial charge on any atom is 0.227 e. The Kier molecular flexibility index (Phi) is 4.53. The Morgan fingerprint density at radius 1 is 1.25 bits per heavy atom. The molecule has 16 heavy (non-hydrogen) atoms. The molecule has 1 atom stereocenters. The molecule has 1 aromatic rings. The lowest BCUT2D eigenvalue weighted by Crippen LogP contribution is -2.20. The Hall–Kier alpha value is -1.31. The van der Waals surface area contributed by atoms with Gasteiger partial charge in [0.15, 0.2) is 0 Å². The summed E-state index contributed by atoms with van der Waals surface area (Å²) in [5, 5.41) is 2.97. The van der Waals surface area contributed by atoms with Crippen LogP contribution in [0.25, 0.3) is 0 Å². The fourth-order valence-corrected chi connectivity index (χ4v) is 1.88. The van der Waals surface area contributed by atoms with Gasteiger partial charge in [-0.05, 0) is 43.5 Å². The first kappa shape index (κ1) is 12.8. The van der Waals surface area contributed by atoms with E-state index in [1.165, 1.54) is 11.1 Å². The first-order valence-electron chi connectivity index (χ1n) is 5.92. The Labute approximate surface area is 98.1 Å². The largest absolute Gasteiger partial charge is 0.326 e. The van der Waals surface area contributed by atoms with Crippen molar-refractivity contribution in [3.8, 4) is 0 Å². The Morgan fingerprint density at radius 2 is 1.81 bits per heavy atom. The summed E-state index contributed by atoms with van der Waals surface area (Å²) in [6, 6.07) is 6.11. The lowest BCUT2D eigenvalue weighted by molar-refractivity contribution is -0.119. The molecule has 2 nitrogen and oxygen atoms in total. The number of carbonyl (C=O) groups excluding carboxylic acids is 1. The van der Waals surface area contributed by atoms with Gasteiger partial charge in [0.1, 0.15) is 0 Å². The van der Waals surface area contributed by atoms with Crippen LogP contribution in [0, 0.1) is 19.8 Å². The first-order valence-corrected chi connectivity index (χ1v) is 5.92. The zero-order chi connectivity index (χ0) is 12.1. The quantitative estimate of drug-likeness (QED) is 0.822. The standard InChI is InChI=1S/C14H21NO/c1-5-6-12(4)14(16)15-13-8-10(2)7-11(3)9-13/h7-9,12H,5-6H2,1-4H3,(H,15,16)/t12-/m0/s1. The summed E-state index contributed by atoms with van der Waals surface area (Å²) < 4.78 is 0. The zero-order valence-corrected chi connectivity index (χ0v) is 10.6. The summed E-state index contributed by atoms with van der Waals surface area (Å²) in [7, 11) is 0. The average Bonchev–Trinajstić information content (AvgIpc) is 2.16. The summed E-state index contributed by atoms with van der Waals surface area (Å²) in [5.41, 5.74) is 3.27. The minimum atomic E-state index is 0.0887. The smallest absolute Gasteiger partial charge is 0.227 e. The minimum absolute atomic E-state index is 0.0887. The van der Waals surface area contributed by atoms with E-state index in [1.54, 1.807) is 0 Å². The van der Waals surface area contributed by atoms with Gasteiger partial charge < -0.3 is 5.32 Å². The van der Waals surface area contributed by atoms with Crippen molar-refractivity contribution in [2.24, 2.45) is 5.92 Å². The molecule has 1 aromatic carbocycles. The van der Waals surface area contributed by atoms with Crippen LogP contribution in [-0.2, 0) is 4.79 Å². The molecule has 0 radical (unpaired) electrons. The molecular weight excluding hydrogens is 198 g/mol. The third-order valence-corrected chi connectivity index (χ3v) is 2.66. The van der Waals surface area contributed by atoms with Crippen molar-refractivity contribution in [1.29, 1.82) is 0 Å². The number of anilines is 1. The third kappa shape index (κ3) is 3.69. The van der Waals surface area contributed by atoms with Crippen LogP contribution in [0.15, 0.2) is 18.2 Å². The van der Waals surface area contributed by atoms with Crippen LogP contribution >= 0.6 is 0 Å². The predicted molar refractivity (Wildman–Crippen MR) is 68.6 cm³/mol. The summed E-state index contributed by atoms with van der Waals surface area (Å²) in [6.45, 7) is 8.15. The molecule has 0 saturated carbocycles. The van der Waals surface area contributed by atoms with Crippen molar-refractivity contribution in [3.05, 3.63) is 29.3 Å². The molecule has 0 aliphatic rings. The molecule has 0 fully saturated rings. The van der Waals surface area contributed by atoms with Crippen LogP contribution in [0.4, 0.5) is 5.69 Å². The van der Waals surface area contributed by atoms with E-state index < -0.39 is 0 Å². The second-order valence-electron chi connectivity index (χ2n) is 4.56. The summed E-state index contributed by atoms with van der Waals surface area (Å²) >= 11 is 0. The molecule has 0 spiro atoms. The van der Waals surface area contributed by atoms with Gasteiger partial charge in [0, 0.05) is 11.6 Å². The van der Waals surface area contributed by atoms with Gasteiger partial charge in [0.2, 0.25) is 5.91 Å². The number of benzene rings is 1. The number of carbonyl (C=O) groups is 1. The molecule has 1 rings (SSSR count). The van der Waals surface area contributed by atoms with Crippen LogP contribution in [0.3, 0.4) is 0 Å². The van der Waals surface area contributed by atoms with Crippen molar-refractivity contribution in [1.82, 2.24) is 0 Å². The van der Waals surface area contributed by atoms with E-state index in [4.69, 9.17) is 0 Å². The molecule has 0 saturated heterocycles. The molecule has 1 N–H and O–H groups in total. The predicted octanol–water partition coefficient (Wildman–Crippen LogP) is 3.68. The molecule has 88 valence electrons. The van der Waals surface area contributed by atoms with Crippen molar-refractivity contribution in [3.63, 3.8) is 0 Å². The van der Waals surface area contributed by atoms with Crippen LogP contribution in [0.5, 0.6) is 0 Å². The van der Waals surface area contributed by atoms with Gasteiger partial charge in [-0.25, -0.2) is 0 Å². The maximum atomic E-state index is 11.8. The molecule has 0 heterocycles. The Bertz CT molecular complexity index is 351. The highest BCUT2D eigenvalue weighted by molar-refractivity contribution is 5.92. The van der Waals surface area contributed by atoms with E-state index in [-0.39, 0.29) is 11.8 Å². The number of hydrogen-bond acceptors (Lipinski definition) is 1. The number of rotatable bonds is 4. The lowest BCUT2D eigenvalue weighted by Gasteiger charge is -2.12. The van der Waals surface area contributed by atoms with E-state index in [0.29, 0.717) is 0 Å². The fourth-order valence-electron chi connectivity index (χ4n) is 1.88. The number of nitrogens with one attached hydrogen (secondary N) is 1. The van der Waals surface area contributed by atoms with Crippen LogP contribution in [0.2, 0.25) is 0 Å². The molecule has 0 aliphatic carbocycles. The van der Waals surface area contributed by atoms with Crippen molar-refractivity contribution < 1.29 is 4.79 Å². The highest BCUT2D eigenvalue weighted by atomic mass is 16.1. The molecule has 1 amide bonds. The summed E-state index contributed by atoms with van der Waals surface area (Å²) in [4.78, 5) is 11.8. The molecule has 2 heteroatoms. The maximum absolute atomic E-state index is 11.8. The van der Waals surface area contributed by atoms with Crippen molar-refractivity contribution in [2.75, 3.05) is 5.32 Å². The normalized spacial score (nSPS) is 12.2. The summed E-state index contributed by atoms with van der Waals surface area (Å²) in [5.74, 6) is 0.206. The minimum Gasteiger partial charge on any atom is -0.326 e. The first-order chi connectivity index (χ1) is 7.52. The molecule has 0 unspecified atom stereocenters. The monoisotopic (exact) mass is 219 g/mol. The Balaban J connectivity index is 2.69. The van der Waals surface area contributed by atoms with Gasteiger partial charge in [-0.15, -0.1) is 0 Å². The van der Waals surface area contributed by atoms with Crippen molar-refractivity contribution in [2.45, 2.75) is 40.5 Å². The number of aryl methyl sites for hydroxylation is 2. The van der Waals surface area contributed by atoms with Crippen LogP contribution in [0.1, 0.15) is 37.8 Å². The van der Waals surface area contributed by atoms with Gasteiger partial charge in [-0.3, -0.25) is 4.79 Å². The number of amides is 1. The van der Waals surface area contributed by atoms with E-state index >= 15 is 0 Å². The topological polar surface area (TPSA) is 29.1 Å². The second kappa shape index (κ2) is 5.69. The highest BCUT2D eigenvalue weighted by Gasteiger charge is 2.11. The van der Waals surface area contributed by atoms with Crippen LogP contribution in [-0.4, -0.2) is 5.91 Å². The zero-order valence-electron chi connectivity index (χ0n) is 10.6. The van der Waals surface area contributed by atoms with Gasteiger partial charge in [0.05, 0.1) is 0 Å². The van der Waals surface area contributed by atoms with Gasteiger partial charge >= 0.3 is 0 Å². The highest BCUT2D eigenvalue weighted by Crippen LogP contribution is 2.15. The van der Waals surface area contributed by atoms with E-state index in [0.717, 1.165) is 18.5 Å². The molecular formula is C14H21NO. The number of hydrogen-bond donors (Lipinski definition) is 1.